The van der Waals surface area contributed by atoms with Gasteiger partial charge in [0.2, 0.25) is 6.08 Å². The molecule has 0 aromatic rings. The van der Waals surface area contributed by atoms with E-state index in [0.29, 0.717) is 19.4 Å². The Morgan fingerprint density at radius 1 is 1.42 bits per heavy atom. The Kier molecular flexibility index (Phi) is 3.95. The van der Waals surface area contributed by atoms with Crippen molar-refractivity contribution in [3.8, 4) is 0 Å². The third-order valence-electron chi connectivity index (χ3n) is 2.49. The summed E-state index contributed by atoms with van der Waals surface area (Å²) in [5.74, 6) is 0.135. The van der Waals surface area contributed by atoms with Crippen LogP contribution in [-0.2, 0) is 4.79 Å². The minimum absolute atomic E-state index is 0.135. The number of aliphatic imine (C=N–C) groups is 1. The second-order valence-electron chi connectivity index (χ2n) is 3.32. The van der Waals surface area contributed by atoms with Gasteiger partial charge in [0.05, 0.1) is 6.54 Å². The molecule has 0 radical (unpaired) electrons. The van der Waals surface area contributed by atoms with Gasteiger partial charge < -0.3 is 0 Å². The van der Waals surface area contributed by atoms with E-state index >= 15 is 0 Å². The predicted molar refractivity (Wildman–Crippen MR) is 44.5 cm³/mol. The van der Waals surface area contributed by atoms with Crippen molar-refractivity contribution in [3.63, 3.8) is 0 Å². The predicted octanol–water partition coefficient (Wildman–Crippen LogP) is 2.24. The summed E-state index contributed by atoms with van der Waals surface area (Å²) < 4.78 is 13.1. The fraction of sp³-hybridized carbons (Fsp3) is 0.889. The lowest BCUT2D eigenvalue weighted by atomic mass is 9.85. The van der Waals surface area contributed by atoms with Gasteiger partial charge >= 0.3 is 0 Å². The molecule has 0 heterocycles. The maximum Gasteiger partial charge on any atom is 0.234 e. The van der Waals surface area contributed by atoms with E-state index in [1.807, 2.05) is 0 Å². The lowest BCUT2D eigenvalue weighted by Gasteiger charge is -2.24. The molecule has 1 saturated carbocycles. The first-order valence-corrected chi connectivity index (χ1v) is 4.52. The van der Waals surface area contributed by atoms with Gasteiger partial charge in [0.15, 0.2) is 0 Å². The summed E-state index contributed by atoms with van der Waals surface area (Å²) in [6.45, 7) is 0.439. The zero-order valence-corrected chi connectivity index (χ0v) is 7.13. The van der Waals surface area contributed by atoms with Crippen molar-refractivity contribution in [2.24, 2.45) is 10.9 Å². The molecule has 0 bridgehead atoms. The summed E-state index contributed by atoms with van der Waals surface area (Å²) in [6.07, 6.45) is 5.29. The van der Waals surface area contributed by atoms with Crippen molar-refractivity contribution in [1.82, 2.24) is 0 Å². The fourth-order valence-corrected chi connectivity index (χ4v) is 1.76. The number of alkyl halides is 1. The SMILES string of the molecule is O=C=NCCC1CCCCC1F. The van der Waals surface area contributed by atoms with Gasteiger partial charge in [-0.1, -0.05) is 12.8 Å². The zero-order valence-electron chi connectivity index (χ0n) is 7.13. The molecule has 2 nitrogen and oxygen atoms in total. The summed E-state index contributed by atoms with van der Waals surface area (Å²) >= 11 is 0. The number of hydrogen-bond donors (Lipinski definition) is 0. The van der Waals surface area contributed by atoms with E-state index in [4.69, 9.17) is 0 Å². The van der Waals surface area contributed by atoms with Crippen LogP contribution in [0.15, 0.2) is 4.99 Å². The van der Waals surface area contributed by atoms with Gasteiger partial charge in [0.1, 0.15) is 6.17 Å². The highest BCUT2D eigenvalue weighted by atomic mass is 19.1. The fourth-order valence-electron chi connectivity index (χ4n) is 1.76. The quantitative estimate of drug-likeness (QED) is 0.473. The smallest absolute Gasteiger partial charge is 0.234 e. The van der Waals surface area contributed by atoms with Crippen LogP contribution in [0.4, 0.5) is 4.39 Å². The van der Waals surface area contributed by atoms with Crippen LogP contribution >= 0.6 is 0 Å². The van der Waals surface area contributed by atoms with Crippen LogP contribution in [0, 0.1) is 5.92 Å². The van der Waals surface area contributed by atoms with Crippen LogP contribution in [0.1, 0.15) is 32.1 Å². The molecule has 0 amide bonds. The van der Waals surface area contributed by atoms with Crippen molar-refractivity contribution in [2.75, 3.05) is 6.54 Å². The average Bonchev–Trinajstić information content (AvgIpc) is 2.09. The van der Waals surface area contributed by atoms with E-state index in [0.717, 1.165) is 19.3 Å². The van der Waals surface area contributed by atoms with Gasteiger partial charge in [0, 0.05) is 0 Å². The Labute approximate surface area is 71.9 Å². The van der Waals surface area contributed by atoms with Crippen LogP contribution in [0.5, 0.6) is 0 Å². The first-order chi connectivity index (χ1) is 5.84. The maximum atomic E-state index is 13.1. The number of nitrogens with zero attached hydrogens (tertiary/aromatic N) is 1. The van der Waals surface area contributed by atoms with E-state index in [9.17, 15) is 9.18 Å². The second-order valence-corrected chi connectivity index (χ2v) is 3.32. The lowest BCUT2D eigenvalue weighted by Crippen LogP contribution is -2.21. The second kappa shape index (κ2) is 5.04. The Bertz CT molecular complexity index is 177. The molecule has 0 aromatic carbocycles. The molecule has 1 rings (SSSR count). The Morgan fingerprint density at radius 3 is 2.83 bits per heavy atom. The highest BCUT2D eigenvalue weighted by Crippen LogP contribution is 2.29. The Morgan fingerprint density at radius 2 is 2.17 bits per heavy atom. The summed E-state index contributed by atoms with van der Waals surface area (Å²) in [6, 6.07) is 0. The molecule has 3 heteroatoms. The first-order valence-electron chi connectivity index (χ1n) is 4.52. The van der Waals surface area contributed by atoms with Crippen molar-refractivity contribution in [1.29, 1.82) is 0 Å². The molecular formula is C9H14FNO. The molecule has 2 atom stereocenters. The molecule has 0 N–H and O–H groups in total. The topological polar surface area (TPSA) is 29.4 Å². The van der Waals surface area contributed by atoms with Gasteiger partial charge in [0.25, 0.3) is 0 Å². The molecule has 0 aromatic heterocycles. The van der Waals surface area contributed by atoms with Crippen LogP contribution in [0.2, 0.25) is 0 Å². The Balaban J connectivity index is 2.24. The van der Waals surface area contributed by atoms with Gasteiger partial charge in [-0.25, -0.2) is 14.2 Å². The van der Waals surface area contributed by atoms with Crippen LogP contribution in [-0.4, -0.2) is 18.8 Å². The summed E-state index contributed by atoms with van der Waals surface area (Å²) in [5.41, 5.74) is 0. The third kappa shape index (κ3) is 2.74. The summed E-state index contributed by atoms with van der Waals surface area (Å²) in [4.78, 5) is 13.2. The standard InChI is InChI=1S/C9H14FNO/c10-9-4-2-1-3-8(9)5-6-11-7-12/h8-9H,1-6H2. The number of isocyanates is 1. The molecule has 0 aliphatic heterocycles. The minimum Gasteiger partial charge on any atom is -0.247 e. The van der Waals surface area contributed by atoms with E-state index < -0.39 is 6.17 Å². The maximum absolute atomic E-state index is 13.1. The summed E-state index contributed by atoms with van der Waals surface area (Å²) in [5, 5.41) is 0. The largest absolute Gasteiger partial charge is 0.247 e. The number of carbonyl (C=O) groups excluding carboxylic acids is 1. The monoisotopic (exact) mass is 171 g/mol. The lowest BCUT2D eigenvalue weighted by molar-refractivity contribution is 0.159. The first kappa shape index (κ1) is 9.40. The van der Waals surface area contributed by atoms with Gasteiger partial charge in [-0.15, -0.1) is 0 Å². The zero-order chi connectivity index (χ0) is 8.81. The third-order valence-corrected chi connectivity index (χ3v) is 2.49. The van der Waals surface area contributed by atoms with Crippen LogP contribution in [0.25, 0.3) is 0 Å². The molecule has 12 heavy (non-hydrogen) atoms. The molecule has 1 fully saturated rings. The number of halogens is 1. The van der Waals surface area contributed by atoms with Crippen LogP contribution in [0.3, 0.4) is 0 Å². The van der Waals surface area contributed by atoms with Crippen molar-refractivity contribution in [2.45, 2.75) is 38.3 Å². The molecular weight excluding hydrogens is 157 g/mol. The van der Waals surface area contributed by atoms with Gasteiger partial charge in [-0.05, 0) is 25.2 Å². The average molecular weight is 171 g/mol. The highest BCUT2D eigenvalue weighted by Gasteiger charge is 2.23. The van der Waals surface area contributed by atoms with Gasteiger partial charge in [-0.3, -0.25) is 0 Å². The normalized spacial score (nSPS) is 29.4. The summed E-state index contributed by atoms with van der Waals surface area (Å²) in [7, 11) is 0. The van der Waals surface area contributed by atoms with Crippen molar-refractivity contribution < 1.29 is 9.18 Å². The van der Waals surface area contributed by atoms with E-state index in [1.54, 1.807) is 0 Å². The van der Waals surface area contributed by atoms with Crippen LogP contribution < -0.4 is 0 Å². The van der Waals surface area contributed by atoms with Gasteiger partial charge in [-0.2, -0.15) is 0 Å². The van der Waals surface area contributed by atoms with E-state index in [-0.39, 0.29) is 5.92 Å². The molecule has 2 unspecified atom stereocenters. The number of hydrogen-bond acceptors (Lipinski definition) is 2. The highest BCUT2D eigenvalue weighted by molar-refractivity contribution is 5.32. The molecule has 0 spiro atoms. The molecule has 1 aliphatic carbocycles. The van der Waals surface area contributed by atoms with Crippen molar-refractivity contribution >= 4 is 6.08 Å². The number of rotatable bonds is 3. The Hall–Kier alpha value is -0.690. The van der Waals surface area contributed by atoms with Crippen molar-refractivity contribution in [3.05, 3.63) is 0 Å². The van der Waals surface area contributed by atoms with E-state index in [2.05, 4.69) is 4.99 Å². The molecule has 0 saturated heterocycles. The van der Waals surface area contributed by atoms with E-state index in [1.165, 1.54) is 6.08 Å². The molecule has 1 aliphatic rings. The molecule has 68 valence electrons. The minimum atomic E-state index is -0.666.